The number of nitrogens with zero attached hydrogens (tertiary/aromatic N) is 4. The number of fused-ring (bicyclic) bond motifs is 1. The summed E-state index contributed by atoms with van der Waals surface area (Å²) < 4.78 is 1.68. The molecule has 0 radical (unpaired) electrons. The highest BCUT2D eigenvalue weighted by atomic mass is 16.2. The standard InChI is InChI=1S/C20H22N4O/c1-23-10-8-19(22-23)20(25)24-9-4-5-15(14-24)11-16-12-17-6-2-3-7-18(17)21-13-16/h2-3,6-8,10,12-13,15H,4-5,9,11,14H2,1H3. The molecule has 0 N–H and O–H groups in total. The van der Waals surface area contributed by atoms with Crippen LogP contribution in [0.25, 0.3) is 10.9 Å². The molecule has 1 aliphatic heterocycles. The summed E-state index contributed by atoms with van der Waals surface area (Å²) in [5.41, 5.74) is 2.81. The maximum Gasteiger partial charge on any atom is 0.274 e. The highest BCUT2D eigenvalue weighted by Crippen LogP contribution is 2.23. The summed E-state index contributed by atoms with van der Waals surface area (Å²) >= 11 is 0. The third-order valence-corrected chi connectivity index (χ3v) is 4.91. The van der Waals surface area contributed by atoms with Gasteiger partial charge in [0, 0.05) is 37.9 Å². The number of rotatable bonds is 3. The molecule has 2 aromatic heterocycles. The summed E-state index contributed by atoms with van der Waals surface area (Å²) in [5, 5.41) is 5.42. The molecule has 0 spiro atoms. The number of likely N-dealkylation sites (tertiary alicyclic amines) is 1. The number of carbonyl (C=O) groups excluding carboxylic acids is 1. The fraction of sp³-hybridized carbons (Fsp3) is 0.350. The minimum Gasteiger partial charge on any atom is -0.337 e. The van der Waals surface area contributed by atoms with Crippen molar-refractivity contribution in [1.82, 2.24) is 19.7 Å². The number of para-hydroxylation sites is 1. The van der Waals surface area contributed by atoms with E-state index in [0.717, 1.165) is 37.9 Å². The maximum atomic E-state index is 12.6. The first-order valence-corrected chi connectivity index (χ1v) is 8.81. The molecule has 0 aliphatic carbocycles. The normalized spacial score (nSPS) is 17.8. The maximum absolute atomic E-state index is 12.6. The van der Waals surface area contributed by atoms with Crippen molar-refractivity contribution in [3.8, 4) is 0 Å². The molecule has 4 rings (SSSR count). The van der Waals surface area contributed by atoms with Crippen molar-refractivity contribution in [3.63, 3.8) is 0 Å². The Hall–Kier alpha value is -2.69. The van der Waals surface area contributed by atoms with E-state index < -0.39 is 0 Å². The quantitative estimate of drug-likeness (QED) is 0.740. The zero-order valence-corrected chi connectivity index (χ0v) is 14.4. The third-order valence-electron chi connectivity index (χ3n) is 4.91. The highest BCUT2D eigenvalue weighted by molar-refractivity contribution is 5.92. The number of aromatic nitrogens is 3. The lowest BCUT2D eigenvalue weighted by Crippen LogP contribution is -2.40. The summed E-state index contributed by atoms with van der Waals surface area (Å²) in [6.45, 7) is 1.62. The smallest absolute Gasteiger partial charge is 0.274 e. The van der Waals surface area contributed by atoms with E-state index >= 15 is 0 Å². The predicted molar refractivity (Wildman–Crippen MR) is 97.3 cm³/mol. The van der Waals surface area contributed by atoms with Gasteiger partial charge in [0.1, 0.15) is 5.69 Å². The van der Waals surface area contributed by atoms with E-state index in [4.69, 9.17) is 0 Å². The molecule has 1 unspecified atom stereocenters. The third kappa shape index (κ3) is 3.40. The van der Waals surface area contributed by atoms with Gasteiger partial charge in [-0.3, -0.25) is 14.5 Å². The van der Waals surface area contributed by atoms with Gasteiger partial charge in [-0.25, -0.2) is 0 Å². The summed E-state index contributed by atoms with van der Waals surface area (Å²) in [6, 6.07) is 12.2. The lowest BCUT2D eigenvalue weighted by atomic mass is 9.91. The van der Waals surface area contributed by atoms with Crippen LogP contribution in [0, 0.1) is 5.92 Å². The van der Waals surface area contributed by atoms with Crippen LogP contribution in [0.15, 0.2) is 48.8 Å². The Morgan fingerprint density at radius 2 is 2.16 bits per heavy atom. The van der Waals surface area contributed by atoms with Crippen LogP contribution in [0.1, 0.15) is 28.9 Å². The van der Waals surface area contributed by atoms with Gasteiger partial charge in [0.25, 0.3) is 5.91 Å². The Morgan fingerprint density at radius 3 is 3.00 bits per heavy atom. The van der Waals surface area contributed by atoms with E-state index in [9.17, 15) is 4.79 Å². The molecule has 1 aliphatic rings. The van der Waals surface area contributed by atoms with Crippen LogP contribution in [0.3, 0.4) is 0 Å². The highest BCUT2D eigenvalue weighted by Gasteiger charge is 2.25. The SMILES string of the molecule is Cn1ccc(C(=O)N2CCCC(Cc3cnc4ccccc4c3)C2)n1. The Morgan fingerprint density at radius 1 is 1.28 bits per heavy atom. The predicted octanol–water partition coefficient (Wildman–Crippen LogP) is 3.06. The van der Waals surface area contributed by atoms with Crippen molar-refractivity contribution in [2.75, 3.05) is 13.1 Å². The number of carbonyl (C=O) groups is 1. The van der Waals surface area contributed by atoms with Gasteiger partial charge < -0.3 is 4.90 Å². The van der Waals surface area contributed by atoms with Crippen LogP contribution in [0.4, 0.5) is 0 Å². The van der Waals surface area contributed by atoms with Gasteiger partial charge in [0.05, 0.1) is 5.52 Å². The van der Waals surface area contributed by atoms with Crippen LogP contribution >= 0.6 is 0 Å². The van der Waals surface area contributed by atoms with Crippen molar-refractivity contribution in [2.24, 2.45) is 13.0 Å². The minimum atomic E-state index is 0.0435. The van der Waals surface area contributed by atoms with E-state index in [0.29, 0.717) is 11.6 Å². The molecule has 1 amide bonds. The van der Waals surface area contributed by atoms with Crippen molar-refractivity contribution in [1.29, 1.82) is 0 Å². The fourth-order valence-corrected chi connectivity index (χ4v) is 3.67. The van der Waals surface area contributed by atoms with Crippen LogP contribution in [-0.2, 0) is 13.5 Å². The number of aryl methyl sites for hydroxylation is 1. The molecule has 1 fully saturated rings. The van der Waals surface area contributed by atoms with E-state index in [1.54, 1.807) is 10.7 Å². The molecule has 5 heteroatoms. The Kier molecular flexibility index (Phi) is 4.22. The second-order valence-electron chi connectivity index (χ2n) is 6.87. The summed E-state index contributed by atoms with van der Waals surface area (Å²) in [6.07, 6.45) is 6.95. The van der Waals surface area contributed by atoms with Gasteiger partial charge in [-0.05, 0) is 48.9 Å². The second kappa shape index (κ2) is 6.67. The fourth-order valence-electron chi connectivity index (χ4n) is 3.67. The monoisotopic (exact) mass is 334 g/mol. The van der Waals surface area contributed by atoms with Gasteiger partial charge in [-0.1, -0.05) is 18.2 Å². The van der Waals surface area contributed by atoms with Gasteiger partial charge in [-0.2, -0.15) is 5.10 Å². The van der Waals surface area contributed by atoms with Crippen molar-refractivity contribution >= 4 is 16.8 Å². The van der Waals surface area contributed by atoms with E-state index in [1.165, 1.54) is 10.9 Å². The van der Waals surface area contributed by atoms with Crippen LogP contribution in [-0.4, -0.2) is 38.7 Å². The lowest BCUT2D eigenvalue weighted by molar-refractivity contribution is 0.0666. The molecule has 3 heterocycles. The molecule has 3 aromatic rings. The molecule has 5 nitrogen and oxygen atoms in total. The number of hydrogen-bond donors (Lipinski definition) is 0. The molecule has 0 saturated carbocycles. The van der Waals surface area contributed by atoms with E-state index in [1.807, 2.05) is 42.5 Å². The molecular formula is C20H22N4O. The second-order valence-corrected chi connectivity index (χ2v) is 6.87. The summed E-state index contributed by atoms with van der Waals surface area (Å²) in [4.78, 5) is 19.1. The first-order valence-electron chi connectivity index (χ1n) is 8.81. The number of pyridine rings is 1. The average molecular weight is 334 g/mol. The van der Waals surface area contributed by atoms with Gasteiger partial charge >= 0.3 is 0 Å². The number of hydrogen-bond acceptors (Lipinski definition) is 3. The van der Waals surface area contributed by atoms with Gasteiger partial charge in [0.2, 0.25) is 0 Å². The topological polar surface area (TPSA) is 51.0 Å². The molecule has 1 saturated heterocycles. The number of benzene rings is 1. The first kappa shape index (κ1) is 15.8. The van der Waals surface area contributed by atoms with Gasteiger partial charge in [0.15, 0.2) is 0 Å². The van der Waals surface area contributed by atoms with E-state index in [-0.39, 0.29) is 5.91 Å². The van der Waals surface area contributed by atoms with Crippen molar-refractivity contribution in [3.05, 3.63) is 60.0 Å². The Labute approximate surface area is 147 Å². The van der Waals surface area contributed by atoms with Gasteiger partial charge in [-0.15, -0.1) is 0 Å². The number of amides is 1. The van der Waals surface area contributed by atoms with Crippen molar-refractivity contribution < 1.29 is 4.79 Å². The molecule has 128 valence electrons. The van der Waals surface area contributed by atoms with Crippen LogP contribution in [0.2, 0.25) is 0 Å². The zero-order chi connectivity index (χ0) is 17.2. The van der Waals surface area contributed by atoms with Crippen molar-refractivity contribution in [2.45, 2.75) is 19.3 Å². The number of piperidine rings is 1. The molecule has 1 atom stereocenters. The average Bonchev–Trinajstić information content (AvgIpc) is 3.07. The molecule has 0 bridgehead atoms. The Bertz CT molecular complexity index is 901. The first-order chi connectivity index (χ1) is 12.2. The molecule has 25 heavy (non-hydrogen) atoms. The largest absolute Gasteiger partial charge is 0.337 e. The summed E-state index contributed by atoms with van der Waals surface area (Å²) in [7, 11) is 1.84. The molecular weight excluding hydrogens is 312 g/mol. The molecule has 1 aromatic carbocycles. The van der Waals surface area contributed by atoms with Crippen LogP contribution < -0.4 is 0 Å². The summed E-state index contributed by atoms with van der Waals surface area (Å²) in [5.74, 6) is 0.520. The Balaban J connectivity index is 1.46. The minimum absolute atomic E-state index is 0.0435. The van der Waals surface area contributed by atoms with E-state index in [2.05, 4.69) is 22.2 Å². The lowest BCUT2D eigenvalue weighted by Gasteiger charge is -2.32. The zero-order valence-electron chi connectivity index (χ0n) is 14.4. The van der Waals surface area contributed by atoms with Crippen LogP contribution in [0.5, 0.6) is 0 Å².